The van der Waals surface area contributed by atoms with Gasteiger partial charge in [-0.3, -0.25) is 10.1 Å². The van der Waals surface area contributed by atoms with Crippen molar-refractivity contribution in [3.63, 3.8) is 0 Å². The van der Waals surface area contributed by atoms with E-state index in [9.17, 15) is 18.0 Å². The molecule has 0 spiro atoms. The van der Waals surface area contributed by atoms with Gasteiger partial charge in [0.1, 0.15) is 0 Å². The van der Waals surface area contributed by atoms with Crippen LogP contribution in [0.25, 0.3) is 0 Å². The summed E-state index contributed by atoms with van der Waals surface area (Å²) in [5.74, 6) is -0.154. The molecule has 7 heteroatoms. The van der Waals surface area contributed by atoms with Crippen LogP contribution in [0.15, 0.2) is 0 Å². The van der Waals surface area contributed by atoms with Crippen molar-refractivity contribution in [1.29, 1.82) is 0 Å². The van der Waals surface area contributed by atoms with Crippen molar-refractivity contribution in [3.05, 3.63) is 0 Å². The summed E-state index contributed by atoms with van der Waals surface area (Å²) in [5.41, 5.74) is -4.22. The monoisotopic (exact) mass is 298 g/mol. The summed E-state index contributed by atoms with van der Waals surface area (Å²) in [4.78, 5) is 13.7. The van der Waals surface area contributed by atoms with Gasteiger partial charge in [-0.25, -0.2) is 0 Å². The zero-order chi connectivity index (χ0) is 14.5. The summed E-state index contributed by atoms with van der Waals surface area (Å²) in [7, 11) is 0. The molecule has 2 unspecified atom stereocenters. The molecule has 1 saturated heterocycles. The summed E-state index contributed by atoms with van der Waals surface area (Å²) < 4.78 is 36.3. The fourth-order valence-corrected chi connectivity index (χ4v) is 2.80. The number of alkyl halides is 3. The van der Waals surface area contributed by atoms with Crippen LogP contribution in [0.3, 0.4) is 0 Å². The number of hydrogen-bond acceptors (Lipinski definition) is 3. The minimum absolute atomic E-state index is 0.0527. The maximum absolute atomic E-state index is 12.1. The second-order valence-electron chi connectivity index (χ2n) is 4.64. The highest BCUT2D eigenvalue weighted by Gasteiger charge is 2.38. The van der Waals surface area contributed by atoms with E-state index in [0.717, 1.165) is 25.7 Å². The highest BCUT2D eigenvalue weighted by atomic mass is 32.2. The number of carbonyl (C=O) groups is 1. The lowest BCUT2D eigenvalue weighted by Gasteiger charge is -2.23. The van der Waals surface area contributed by atoms with Gasteiger partial charge in [0, 0.05) is 12.3 Å². The Hall–Kier alpha value is -0.430. The van der Waals surface area contributed by atoms with Crippen molar-refractivity contribution >= 4 is 17.7 Å². The van der Waals surface area contributed by atoms with E-state index in [1.54, 1.807) is 4.90 Å². The van der Waals surface area contributed by atoms with E-state index in [2.05, 4.69) is 5.32 Å². The molecule has 1 heterocycles. The Kier molecular flexibility index (Phi) is 6.46. The van der Waals surface area contributed by atoms with E-state index in [4.69, 9.17) is 0 Å². The van der Waals surface area contributed by atoms with Crippen LogP contribution >= 0.6 is 11.8 Å². The van der Waals surface area contributed by atoms with Crippen molar-refractivity contribution in [2.24, 2.45) is 0 Å². The molecule has 0 radical (unpaired) electrons. The average Bonchev–Trinajstić information content (AvgIpc) is 2.57. The van der Waals surface area contributed by atoms with Crippen molar-refractivity contribution in [3.8, 4) is 0 Å². The third-order valence-electron chi connectivity index (χ3n) is 3.09. The first-order valence-electron chi connectivity index (χ1n) is 6.66. The van der Waals surface area contributed by atoms with Gasteiger partial charge in [0.25, 0.3) is 0 Å². The fraction of sp³-hybridized carbons (Fsp3) is 0.917. The third kappa shape index (κ3) is 5.22. The van der Waals surface area contributed by atoms with Crippen LogP contribution in [-0.4, -0.2) is 40.8 Å². The predicted octanol–water partition coefficient (Wildman–Crippen LogP) is 2.97. The van der Waals surface area contributed by atoms with E-state index >= 15 is 0 Å². The van der Waals surface area contributed by atoms with E-state index < -0.39 is 5.51 Å². The summed E-state index contributed by atoms with van der Waals surface area (Å²) >= 11 is -0.0645. The first-order chi connectivity index (χ1) is 8.89. The number of nitrogens with one attached hydrogen (secondary N) is 1. The molecule has 3 nitrogen and oxygen atoms in total. The lowest BCUT2D eigenvalue weighted by molar-refractivity contribution is -0.130. The molecule has 1 amide bonds. The standard InChI is InChI=1S/C12H21F3N2OS/c1-3-5-9-11(18)17(10(16-9)6-4-2)7-8-19-12(13,14)15/h9-10,16H,3-8H2,1-2H3. The minimum Gasteiger partial charge on any atom is -0.325 e. The molecule has 1 rings (SSSR count). The van der Waals surface area contributed by atoms with Crippen molar-refractivity contribution in [1.82, 2.24) is 10.2 Å². The molecule has 1 aliphatic rings. The number of nitrogens with zero attached hydrogens (tertiary/aromatic N) is 1. The molecule has 0 aromatic rings. The van der Waals surface area contributed by atoms with Crippen LogP contribution in [0, 0.1) is 0 Å². The maximum atomic E-state index is 12.1. The molecule has 1 fully saturated rings. The Morgan fingerprint density at radius 2 is 1.89 bits per heavy atom. The molecule has 112 valence electrons. The minimum atomic E-state index is -4.22. The zero-order valence-corrected chi connectivity index (χ0v) is 12.1. The van der Waals surface area contributed by atoms with Crippen LogP contribution in [0.4, 0.5) is 13.2 Å². The molecule has 0 bridgehead atoms. The quantitative estimate of drug-likeness (QED) is 0.784. The normalized spacial score (nSPS) is 24.3. The number of thioether (sulfide) groups is 1. The van der Waals surface area contributed by atoms with Crippen molar-refractivity contribution in [2.75, 3.05) is 12.3 Å². The summed E-state index contributed by atoms with van der Waals surface area (Å²) in [6, 6.07) is -0.225. The number of rotatable bonds is 7. The highest BCUT2D eigenvalue weighted by molar-refractivity contribution is 8.00. The Morgan fingerprint density at radius 3 is 2.42 bits per heavy atom. The second kappa shape index (κ2) is 7.38. The SMILES string of the molecule is CCCC1NC(CCC)N(CCSC(F)(F)F)C1=O. The summed E-state index contributed by atoms with van der Waals surface area (Å²) in [6.45, 7) is 4.15. The lowest BCUT2D eigenvalue weighted by atomic mass is 10.2. The molecule has 0 saturated carbocycles. The van der Waals surface area contributed by atoms with Gasteiger partial charge in [-0.1, -0.05) is 26.7 Å². The fourth-order valence-electron chi connectivity index (χ4n) is 2.28. The number of hydrogen-bond donors (Lipinski definition) is 1. The third-order valence-corrected chi connectivity index (χ3v) is 3.80. The molecular weight excluding hydrogens is 277 g/mol. The van der Waals surface area contributed by atoms with Gasteiger partial charge in [-0.2, -0.15) is 13.2 Å². The van der Waals surface area contributed by atoms with Crippen molar-refractivity contribution in [2.45, 2.75) is 57.2 Å². The topological polar surface area (TPSA) is 32.3 Å². The first-order valence-corrected chi connectivity index (χ1v) is 7.64. The van der Waals surface area contributed by atoms with Gasteiger partial charge in [0.05, 0.1) is 12.2 Å². The first kappa shape index (κ1) is 16.6. The molecule has 1 aliphatic heterocycles. The molecule has 0 aromatic carbocycles. The lowest BCUT2D eigenvalue weighted by Crippen LogP contribution is -2.38. The van der Waals surface area contributed by atoms with E-state index in [0.29, 0.717) is 0 Å². The van der Waals surface area contributed by atoms with Gasteiger partial charge in [-0.05, 0) is 24.6 Å². The van der Waals surface area contributed by atoms with Gasteiger partial charge in [0.15, 0.2) is 0 Å². The number of amides is 1. The summed E-state index contributed by atoms with van der Waals surface area (Å²) in [5, 5.41) is 3.23. The van der Waals surface area contributed by atoms with Gasteiger partial charge in [0.2, 0.25) is 5.91 Å². The Balaban J connectivity index is 2.53. The maximum Gasteiger partial charge on any atom is 0.441 e. The Bertz CT molecular complexity index is 299. The smallest absolute Gasteiger partial charge is 0.325 e. The van der Waals surface area contributed by atoms with Crippen LogP contribution < -0.4 is 5.32 Å². The van der Waals surface area contributed by atoms with E-state index in [1.807, 2.05) is 13.8 Å². The van der Waals surface area contributed by atoms with Crippen LogP contribution in [0.1, 0.15) is 39.5 Å². The molecule has 1 N–H and O–H groups in total. The molecule has 19 heavy (non-hydrogen) atoms. The van der Waals surface area contributed by atoms with Crippen molar-refractivity contribution < 1.29 is 18.0 Å². The predicted molar refractivity (Wildman–Crippen MR) is 70.8 cm³/mol. The summed E-state index contributed by atoms with van der Waals surface area (Å²) in [6.07, 6.45) is 3.19. The number of carbonyl (C=O) groups excluding carboxylic acids is 1. The highest BCUT2D eigenvalue weighted by Crippen LogP contribution is 2.30. The van der Waals surface area contributed by atoms with Gasteiger partial charge in [-0.15, -0.1) is 0 Å². The Labute approximate surface area is 116 Å². The van der Waals surface area contributed by atoms with E-state index in [-0.39, 0.29) is 42.2 Å². The molecular formula is C12H21F3N2OS. The van der Waals surface area contributed by atoms with E-state index in [1.165, 1.54) is 0 Å². The van der Waals surface area contributed by atoms with Crippen LogP contribution in [-0.2, 0) is 4.79 Å². The van der Waals surface area contributed by atoms with Gasteiger partial charge >= 0.3 is 5.51 Å². The molecule has 2 atom stereocenters. The molecule has 0 aliphatic carbocycles. The van der Waals surface area contributed by atoms with Gasteiger partial charge < -0.3 is 4.90 Å². The molecule has 0 aromatic heterocycles. The Morgan fingerprint density at radius 1 is 1.26 bits per heavy atom. The average molecular weight is 298 g/mol. The largest absolute Gasteiger partial charge is 0.441 e. The zero-order valence-electron chi connectivity index (χ0n) is 11.3. The number of halogens is 3. The van der Waals surface area contributed by atoms with Crippen LogP contribution in [0.2, 0.25) is 0 Å². The van der Waals surface area contributed by atoms with Crippen LogP contribution in [0.5, 0.6) is 0 Å². The second-order valence-corrected chi connectivity index (χ2v) is 5.80.